The van der Waals surface area contributed by atoms with Crippen LogP contribution >= 0.6 is 12.6 Å². The normalized spacial score (nSPS) is 21.0. The van der Waals surface area contributed by atoms with Crippen LogP contribution in [0.4, 0.5) is 0 Å². The average molecular weight is 194 g/mol. The lowest BCUT2D eigenvalue weighted by Gasteiger charge is -2.23. The minimum absolute atomic E-state index is 0.492. The summed E-state index contributed by atoms with van der Waals surface area (Å²) in [7, 11) is 0. The molecule has 1 aromatic rings. The number of para-hydroxylation sites is 1. The molecule has 0 fully saturated rings. The van der Waals surface area contributed by atoms with Crippen LogP contribution < -0.4 is 4.74 Å². The van der Waals surface area contributed by atoms with Crippen LogP contribution in [-0.2, 0) is 0 Å². The number of hydrogen-bond acceptors (Lipinski definition) is 3. The Labute approximate surface area is 82.3 Å². The molecule has 68 valence electrons. The highest BCUT2D eigenvalue weighted by atomic mass is 32.1. The highest BCUT2D eigenvalue weighted by molar-refractivity contribution is 7.84. The molecule has 0 aliphatic carbocycles. The van der Waals surface area contributed by atoms with Crippen LogP contribution in [0.25, 0.3) is 0 Å². The molecular formula is C10H10O2S. The van der Waals surface area contributed by atoms with Crippen LogP contribution in [0.5, 0.6) is 5.75 Å². The topological polar surface area (TPSA) is 29.5 Å². The minimum Gasteiger partial charge on any atom is -0.450 e. The Morgan fingerprint density at radius 2 is 2.08 bits per heavy atom. The van der Waals surface area contributed by atoms with Gasteiger partial charge in [0.05, 0.1) is 0 Å². The first-order chi connectivity index (χ1) is 6.20. The summed E-state index contributed by atoms with van der Waals surface area (Å²) in [5, 5.41) is 10.3. The minimum atomic E-state index is -0.586. The number of aliphatic hydroxyl groups excluding tert-OH is 1. The summed E-state index contributed by atoms with van der Waals surface area (Å²) < 4.78 is 5.40. The van der Waals surface area contributed by atoms with Gasteiger partial charge < -0.3 is 9.84 Å². The molecule has 0 saturated carbocycles. The van der Waals surface area contributed by atoms with Gasteiger partial charge >= 0.3 is 0 Å². The second kappa shape index (κ2) is 3.09. The molecule has 1 atom stereocenters. The van der Waals surface area contributed by atoms with E-state index in [0.717, 1.165) is 11.1 Å². The van der Waals surface area contributed by atoms with Crippen molar-refractivity contribution < 1.29 is 9.84 Å². The van der Waals surface area contributed by atoms with E-state index in [4.69, 9.17) is 4.74 Å². The summed E-state index contributed by atoms with van der Waals surface area (Å²) in [6.45, 7) is 1.81. The van der Waals surface area contributed by atoms with Crippen LogP contribution in [0.2, 0.25) is 0 Å². The predicted molar refractivity (Wildman–Crippen MR) is 53.7 cm³/mol. The monoisotopic (exact) mass is 194 g/mol. The fraction of sp³-hybridized carbons (Fsp3) is 0.200. The first-order valence-corrected chi connectivity index (χ1v) is 4.49. The molecule has 2 nitrogen and oxygen atoms in total. The van der Waals surface area contributed by atoms with Crippen molar-refractivity contribution in [1.29, 1.82) is 0 Å². The predicted octanol–water partition coefficient (Wildman–Crippen LogP) is 2.27. The molecule has 13 heavy (non-hydrogen) atoms. The van der Waals surface area contributed by atoms with Crippen molar-refractivity contribution in [2.24, 2.45) is 0 Å². The van der Waals surface area contributed by atoms with Gasteiger partial charge in [-0.25, -0.2) is 0 Å². The molecule has 1 aliphatic rings. The van der Waals surface area contributed by atoms with Gasteiger partial charge in [-0.2, -0.15) is 0 Å². The molecule has 0 saturated heterocycles. The average Bonchev–Trinajstić information content (AvgIpc) is 2.15. The number of rotatable bonds is 0. The summed E-state index contributed by atoms with van der Waals surface area (Å²) in [5.74, 6) is 0.686. The zero-order valence-corrected chi connectivity index (χ0v) is 8.08. The van der Waals surface area contributed by atoms with E-state index in [9.17, 15) is 5.11 Å². The van der Waals surface area contributed by atoms with Crippen LogP contribution in [0, 0.1) is 0 Å². The van der Waals surface area contributed by atoms with E-state index in [-0.39, 0.29) is 0 Å². The maximum atomic E-state index is 9.81. The molecule has 0 spiro atoms. The second-order valence-corrected chi connectivity index (χ2v) is 3.44. The summed E-state index contributed by atoms with van der Waals surface area (Å²) >= 11 is 4.14. The standard InChI is InChI=1S/C10H10O2S/c1-6-9(11)7-4-2-3-5-8(7)12-10(6)13/h2-5,9,11,13H,1H3. The Hall–Kier alpha value is -0.930. The molecule has 0 radical (unpaired) electrons. The Morgan fingerprint density at radius 1 is 1.38 bits per heavy atom. The summed E-state index contributed by atoms with van der Waals surface area (Å²) in [4.78, 5) is 0. The van der Waals surface area contributed by atoms with Gasteiger partial charge in [-0.05, 0) is 13.0 Å². The van der Waals surface area contributed by atoms with Gasteiger partial charge in [0.1, 0.15) is 11.9 Å². The van der Waals surface area contributed by atoms with E-state index < -0.39 is 6.10 Å². The molecule has 3 heteroatoms. The van der Waals surface area contributed by atoms with Gasteiger partial charge in [0.2, 0.25) is 0 Å². The van der Waals surface area contributed by atoms with Gasteiger partial charge in [0.25, 0.3) is 0 Å². The van der Waals surface area contributed by atoms with Crippen molar-refractivity contribution in [1.82, 2.24) is 0 Å². The maximum absolute atomic E-state index is 9.81. The molecule has 2 rings (SSSR count). The third-order valence-corrected chi connectivity index (χ3v) is 2.61. The summed E-state index contributed by atoms with van der Waals surface area (Å²) in [6.07, 6.45) is -0.586. The van der Waals surface area contributed by atoms with Crippen molar-refractivity contribution in [3.63, 3.8) is 0 Å². The Kier molecular flexibility index (Phi) is 2.06. The van der Waals surface area contributed by atoms with Crippen molar-refractivity contribution in [2.45, 2.75) is 13.0 Å². The molecule has 1 unspecified atom stereocenters. The van der Waals surface area contributed by atoms with Crippen LogP contribution in [0.15, 0.2) is 34.9 Å². The first kappa shape index (κ1) is 8.66. The van der Waals surface area contributed by atoms with E-state index in [1.165, 1.54) is 0 Å². The lowest BCUT2D eigenvalue weighted by Crippen LogP contribution is -2.10. The summed E-state index contributed by atoms with van der Waals surface area (Å²) in [5.41, 5.74) is 1.56. The lowest BCUT2D eigenvalue weighted by atomic mass is 10.0. The fourth-order valence-corrected chi connectivity index (χ4v) is 1.55. The Bertz CT molecular complexity index is 371. The van der Waals surface area contributed by atoms with E-state index in [1.54, 1.807) is 0 Å². The second-order valence-electron chi connectivity index (χ2n) is 3.03. The smallest absolute Gasteiger partial charge is 0.159 e. The SMILES string of the molecule is CC1=C(S)Oc2ccccc2C1O. The highest BCUT2D eigenvalue weighted by Gasteiger charge is 2.22. The number of thiol groups is 1. The number of fused-ring (bicyclic) bond motifs is 1. The van der Waals surface area contributed by atoms with E-state index in [1.807, 2.05) is 31.2 Å². The van der Waals surface area contributed by atoms with Crippen molar-refractivity contribution in [2.75, 3.05) is 0 Å². The Balaban J connectivity index is 2.52. The van der Waals surface area contributed by atoms with Gasteiger partial charge in [-0.15, -0.1) is 12.6 Å². The van der Waals surface area contributed by atoms with Gasteiger partial charge in [0.15, 0.2) is 5.09 Å². The first-order valence-electron chi connectivity index (χ1n) is 4.04. The largest absolute Gasteiger partial charge is 0.450 e. The number of aliphatic hydroxyl groups is 1. The maximum Gasteiger partial charge on any atom is 0.159 e. The number of hydrogen-bond donors (Lipinski definition) is 2. The molecular weight excluding hydrogens is 184 g/mol. The molecule has 1 N–H and O–H groups in total. The van der Waals surface area contributed by atoms with Crippen molar-refractivity contribution >= 4 is 12.6 Å². The number of ether oxygens (including phenoxy) is 1. The van der Waals surface area contributed by atoms with Gasteiger partial charge in [-0.3, -0.25) is 0 Å². The number of benzene rings is 1. The molecule has 1 aliphatic heterocycles. The van der Waals surface area contributed by atoms with Gasteiger partial charge in [-0.1, -0.05) is 18.2 Å². The van der Waals surface area contributed by atoms with E-state index in [2.05, 4.69) is 12.6 Å². The van der Waals surface area contributed by atoms with E-state index >= 15 is 0 Å². The zero-order chi connectivity index (χ0) is 9.42. The van der Waals surface area contributed by atoms with Crippen LogP contribution in [-0.4, -0.2) is 5.11 Å². The summed E-state index contributed by atoms with van der Waals surface area (Å²) in [6, 6.07) is 7.42. The van der Waals surface area contributed by atoms with Crippen molar-refractivity contribution in [3.8, 4) is 5.75 Å². The third-order valence-electron chi connectivity index (χ3n) is 2.17. The molecule has 1 aromatic carbocycles. The molecule has 0 bridgehead atoms. The highest BCUT2D eigenvalue weighted by Crippen LogP contribution is 2.37. The third kappa shape index (κ3) is 1.34. The van der Waals surface area contributed by atoms with Crippen LogP contribution in [0.3, 0.4) is 0 Å². The fourth-order valence-electron chi connectivity index (χ4n) is 1.33. The zero-order valence-electron chi connectivity index (χ0n) is 7.19. The molecule has 1 heterocycles. The van der Waals surface area contributed by atoms with E-state index in [0.29, 0.717) is 10.8 Å². The van der Waals surface area contributed by atoms with Crippen molar-refractivity contribution in [3.05, 3.63) is 40.5 Å². The van der Waals surface area contributed by atoms with Crippen LogP contribution in [0.1, 0.15) is 18.6 Å². The lowest BCUT2D eigenvalue weighted by molar-refractivity contribution is 0.197. The van der Waals surface area contributed by atoms with Gasteiger partial charge in [0, 0.05) is 11.1 Å². The molecule has 0 aromatic heterocycles. The Morgan fingerprint density at radius 3 is 2.85 bits per heavy atom. The quantitative estimate of drug-likeness (QED) is 0.620. The molecule has 0 amide bonds.